The Morgan fingerprint density at radius 1 is 1.17 bits per heavy atom. The molecule has 18 heavy (non-hydrogen) atoms. The molecule has 1 aromatic heterocycles. The highest BCUT2D eigenvalue weighted by atomic mass is 16.4. The maximum Gasteiger partial charge on any atom is 0.336 e. The van der Waals surface area contributed by atoms with Crippen molar-refractivity contribution in [3.63, 3.8) is 0 Å². The molecule has 0 saturated carbocycles. The third-order valence-electron chi connectivity index (χ3n) is 3.48. The number of hydrogen-bond acceptors (Lipinski definition) is 1. The van der Waals surface area contributed by atoms with E-state index in [0.717, 1.165) is 27.4 Å². The van der Waals surface area contributed by atoms with Crippen LogP contribution in [0.1, 0.15) is 15.9 Å². The highest BCUT2D eigenvalue weighted by Gasteiger charge is 2.16. The van der Waals surface area contributed by atoms with Gasteiger partial charge >= 0.3 is 5.97 Å². The van der Waals surface area contributed by atoms with Gasteiger partial charge in [0.1, 0.15) is 0 Å². The molecular formula is C15H13NO2. The van der Waals surface area contributed by atoms with Gasteiger partial charge < -0.3 is 9.67 Å². The average molecular weight is 239 g/mol. The zero-order chi connectivity index (χ0) is 12.9. The summed E-state index contributed by atoms with van der Waals surface area (Å²) in [6.07, 6.45) is 0. The number of benzene rings is 2. The molecule has 3 rings (SSSR count). The molecule has 0 spiro atoms. The zero-order valence-corrected chi connectivity index (χ0v) is 10.3. The van der Waals surface area contributed by atoms with Crippen LogP contribution in [-0.2, 0) is 7.05 Å². The predicted molar refractivity (Wildman–Crippen MR) is 72.1 cm³/mol. The van der Waals surface area contributed by atoms with Crippen LogP contribution in [-0.4, -0.2) is 15.6 Å². The van der Waals surface area contributed by atoms with Crippen LogP contribution in [0, 0.1) is 6.92 Å². The molecule has 0 fully saturated rings. The minimum absolute atomic E-state index is 0.368. The number of aromatic nitrogens is 1. The van der Waals surface area contributed by atoms with Crippen LogP contribution >= 0.6 is 0 Å². The van der Waals surface area contributed by atoms with Crippen LogP contribution in [0.5, 0.6) is 0 Å². The van der Waals surface area contributed by atoms with E-state index in [9.17, 15) is 9.90 Å². The molecule has 2 aromatic carbocycles. The first-order chi connectivity index (χ1) is 8.61. The number of rotatable bonds is 1. The van der Waals surface area contributed by atoms with Gasteiger partial charge in [-0.15, -0.1) is 0 Å². The molecule has 0 aliphatic heterocycles. The Labute approximate surface area is 104 Å². The lowest BCUT2D eigenvalue weighted by Crippen LogP contribution is -1.98. The molecule has 1 N–H and O–H groups in total. The first-order valence-corrected chi connectivity index (χ1v) is 5.81. The van der Waals surface area contributed by atoms with Crippen LogP contribution in [0.15, 0.2) is 36.4 Å². The van der Waals surface area contributed by atoms with E-state index in [1.54, 1.807) is 6.07 Å². The van der Waals surface area contributed by atoms with Gasteiger partial charge in [0, 0.05) is 23.3 Å². The summed E-state index contributed by atoms with van der Waals surface area (Å²) < 4.78 is 2.06. The first kappa shape index (κ1) is 10.8. The van der Waals surface area contributed by atoms with Crippen molar-refractivity contribution in [2.24, 2.45) is 7.05 Å². The largest absolute Gasteiger partial charge is 0.478 e. The van der Waals surface area contributed by atoms with Gasteiger partial charge in [-0.2, -0.15) is 0 Å². The molecule has 0 saturated heterocycles. The summed E-state index contributed by atoms with van der Waals surface area (Å²) in [6.45, 7) is 2.01. The lowest BCUT2D eigenvalue weighted by atomic mass is 10.0. The summed E-state index contributed by atoms with van der Waals surface area (Å²) >= 11 is 0. The van der Waals surface area contributed by atoms with Crippen molar-refractivity contribution in [1.29, 1.82) is 0 Å². The maximum atomic E-state index is 11.4. The van der Waals surface area contributed by atoms with Gasteiger partial charge in [-0.1, -0.05) is 24.3 Å². The molecule has 0 aliphatic rings. The second-order valence-corrected chi connectivity index (χ2v) is 4.53. The number of carbonyl (C=O) groups is 1. The van der Waals surface area contributed by atoms with Crippen molar-refractivity contribution in [3.05, 3.63) is 47.5 Å². The summed E-state index contributed by atoms with van der Waals surface area (Å²) in [5, 5.41) is 11.2. The fourth-order valence-electron chi connectivity index (χ4n) is 2.68. The number of hydrogen-bond donors (Lipinski definition) is 1. The molecule has 3 aromatic rings. The number of aryl methyl sites for hydroxylation is 2. The summed E-state index contributed by atoms with van der Waals surface area (Å²) in [6, 6.07) is 11.5. The van der Waals surface area contributed by atoms with E-state index in [4.69, 9.17) is 0 Å². The minimum atomic E-state index is -0.878. The van der Waals surface area contributed by atoms with Gasteiger partial charge in [-0.05, 0) is 24.6 Å². The van der Waals surface area contributed by atoms with Crippen LogP contribution in [0.25, 0.3) is 21.8 Å². The highest BCUT2D eigenvalue weighted by molar-refractivity contribution is 6.17. The minimum Gasteiger partial charge on any atom is -0.478 e. The maximum absolute atomic E-state index is 11.4. The van der Waals surface area contributed by atoms with Crippen molar-refractivity contribution in [2.75, 3.05) is 0 Å². The Morgan fingerprint density at radius 3 is 2.61 bits per heavy atom. The van der Waals surface area contributed by atoms with E-state index < -0.39 is 5.97 Å². The van der Waals surface area contributed by atoms with Gasteiger partial charge in [0.05, 0.1) is 11.1 Å². The van der Waals surface area contributed by atoms with E-state index in [0.29, 0.717) is 5.56 Å². The van der Waals surface area contributed by atoms with Gasteiger partial charge in [0.2, 0.25) is 0 Å². The van der Waals surface area contributed by atoms with Gasteiger partial charge in [-0.25, -0.2) is 4.79 Å². The van der Waals surface area contributed by atoms with Crippen molar-refractivity contribution < 1.29 is 9.90 Å². The van der Waals surface area contributed by atoms with E-state index in [1.165, 1.54) is 0 Å². The number of carboxylic acid groups (broad SMARTS) is 1. The average Bonchev–Trinajstić information content (AvgIpc) is 2.65. The fourth-order valence-corrected chi connectivity index (χ4v) is 2.68. The lowest BCUT2D eigenvalue weighted by molar-refractivity contribution is 0.0699. The monoisotopic (exact) mass is 239 g/mol. The molecule has 0 bridgehead atoms. The van der Waals surface area contributed by atoms with Crippen LogP contribution < -0.4 is 0 Å². The molecule has 1 heterocycles. The fraction of sp³-hybridized carbons (Fsp3) is 0.133. The van der Waals surface area contributed by atoms with Gasteiger partial charge in [0.25, 0.3) is 0 Å². The molecule has 0 aliphatic carbocycles. The summed E-state index contributed by atoms with van der Waals surface area (Å²) in [5.41, 5.74) is 3.52. The summed E-state index contributed by atoms with van der Waals surface area (Å²) in [5.74, 6) is -0.878. The van der Waals surface area contributed by atoms with Gasteiger partial charge in [-0.3, -0.25) is 0 Å². The Morgan fingerprint density at radius 2 is 1.89 bits per heavy atom. The van der Waals surface area contributed by atoms with Crippen molar-refractivity contribution in [2.45, 2.75) is 6.92 Å². The van der Waals surface area contributed by atoms with Crippen LogP contribution in [0.3, 0.4) is 0 Å². The summed E-state index contributed by atoms with van der Waals surface area (Å²) in [4.78, 5) is 11.4. The van der Waals surface area contributed by atoms with Crippen molar-refractivity contribution in [3.8, 4) is 0 Å². The number of nitrogens with zero attached hydrogens (tertiary/aromatic N) is 1. The molecule has 90 valence electrons. The van der Waals surface area contributed by atoms with Crippen LogP contribution in [0.4, 0.5) is 0 Å². The quantitative estimate of drug-likeness (QED) is 0.707. The van der Waals surface area contributed by atoms with E-state index in [2.05, 4.69) is 4.57 Å². The van der Waals surface area contributed by atoms with E-state index in [1.807, 2.05) is 44.3 Å². The van der Waals surface area contributed by atoms with Crippen LogP contribution in [0.2, 0.25) is 0 Å². The number of fused-ring (bicyclic) bond motifs is 3. The highest BCUT2D eigenvalue weighted by Crippen LogP contribution is 2.32. The molecule has 3 nitrogen and oxygen atoms in total. The topological polar surface area (TPSA) is 42.2 Å². The Balaban J connectivity index is 2.67. The number of aromatic carboxylic acids is 1. The first-order valence-electron chi connectivity index (χ1n) is 5.81. The molecule has 0 unspecified atom stereocenters. The zero-order valence-electron chi connectivity index (χ0n) is 10.3. The smallest absolute Gasteiger partial charge is 0.336 e. The molecule has 3 heteroatoms. The third kappa shape index (κ3) is 1.27. The SMILES string of the molecule is Cc1ccc(C(=O)O)c2c3ccccc3n(C)c12. The Kier molecular flexibility index (Phi) is 2.17. The third-order valence-corrected chi connectivity index (χ3v) is 3.48. The Hall–Kier alpha value is -2.29. The standard InChI is InChI=1S/C15H13NO2/c1-9-7-8-11(15(17)18)13-10-5-3-4-6-12(10)16(2)14(9)13/h3-8H,1-2H3,(H,17,18). The number of carboxylic acids is 1. The molecule has 0 amide bonds. The van der Waals surface area contributed by atoms with Gasteiger partial charge in [0.15, 0.2) is 0 Å². The second kappa shape index (κ2) is 3.60. The van der Waals surface area contributed by atoms with Crippen molar-refractivity contribution in [1.82, 2.24) is 4.57 Å². The Bertz CT molecular complexity index is 784. The van der Waals surface area contributed by atoms with E-state index in [-0.39, 0.29) is 0 Å². The predicted octanol–water partition coefficient (Wildman–Crippen LogP) is 3.34. The molecule has 0 radical (unpaired) electrons. The number of para-hydroxylation sites is 1. The lowest BCUT2D eigenvalue weighted by Gasteiger charge is -2.03. The van der Waals surface area contributed by atoms with E-state index >= 15 is 0 Å². The normalized spacial score (nSPS) is 11.2. The second-order valence-electron chi connectivity index (χ2n) is 4.53. The van der Waals surface area contributed by atoms with Crippen molar-refractivity contribution >= 4 is 27.8 Å². The molecule has 0 atom stereocenters. The molecular weight excluding hydrogens is 226 g/mol. The summed E-state index contributed by atoms with van der Waals surface area (Å²) in [7, 11) is 1.98.